The highest BCUT2D eigenvalue weighted by Crippen LogP contribution is 2.28. The first-order valence-electron chi connectivity index (χ1n) is 6.82. The van der Waals surface area contributed by atoms with Gasteiger partial charge < -0.3 is 0 Å². The summed E-state index contributed by atoms with van der Waals surface area (Å²) in [7, 11) is 0. The number of hydrogen-bond acceptors (Lipinski definition) is 2. The van der Waals surface area contributed by atoms with Gasteiger partial charge in [-0.2, -0.15) is 5.26 Å². The second kappa shape index (κ2) is 6.32. The number of benzene rings is 2. The molecule has 0 bridgehead atoms. The number of halogens is 1. The van der Waals surface area contributed by atoms with Gasteiger partial charge in [-0.3, -0.25) is 0 Å². The Hall–Kier alpha value is -1.79. The molecule has 0 radical (unpaired) electrons. The van der Waals surface area contributed by atoms with Gasteiger partial charge in [0.05, 0.1) is 11.6 Å². The van der Waals surface area contributed by atoms with Crippen molar-refractivity contribution in [1.82, 2.24) is 0 Å². The van der Waals surface area contributed by atoms with Crippen LogP contribution >= 0.6 is 11.8 Å². The van der Waals surface area contributed by atoms with Crippen LogP contribution < -0.4 is 0 Å². The molecule has 0 aliphatic carbocycles. The Kier molecular flexibility index (Phi) is 4.69. The highest BCUT2D eigenvalue weighted by molar-refractivity contribution is 7.98. The molecular formula is C18H18FNS. The summed E-state index contributed by atoms with van der Waals surface area (Å²) in [5.74, 6) is 0.250. The first-order valence-corrected chi connectivity index (χ1v) is 7.80. The van der Waals surface area contributed by atoms with Gasteiger partial charge >= 0.3 is 0 Å². The molecule has 2 aromatic carbocycles. The van der Waals surface area contributed by atoms with Crippen molar-refractivity contribution in [2.24, 2.45) is 0 Å². The molecule has 0 heterocycles. The lowest BCUT2D eigenvalue weighted by molar-refractivity contribution is 0.590. The van der Waals surface area contributed by atoms with Crippen molar-refractivity contribution in [2.75, 3.05) is 0 Å². The molecule has 0 fully saturated rings. The lowest BCUT2D eigenvalue weighted by atomic mass is 9.87. The van der Waals surface area contributed by atoms with Crippen molar-refractivity contribution in [3.8, 4) is 6.07 Å². The topological polar surface area (TPSA) is 23.8 Å². The lowest BCUT2D eigenvalue weighted by Gasteiger charge is -2.19. The van der Waals surface area contributed by atoms with E-state index in [1.807, 2.05) is 6.07 Å². The van der Waals surface area contributed by atoms with Gasteiger partial charge in [-0.1, -0.05) is 39.0 Å². The number of hydrogen-bond donors (Lipinski definition) is 0. The second-order valence-electron chi connectivity index (χ2n) is 5.98. The summed E-state index contributed by atoms with van der Waals surface area (Å²) in [4.78, 5) is 1.12. The first-order chi connectivity index (χ1) is 9.90. The van der Waals surface area contributed by atoms with Crippen LogP contribution in [-0.4, -0.2) is 0 Å². The maximum Gasteiger partial charge on any atom is 0.128 e. The third kappa shape index (κ3) is 4.09. The van der Waals surface area contributed by atoms with Crippen molar-refractivity contribution in [1.29, 1.82) is 5.26 Å². The average molecular weight is 299 g/mol. The summed E-state index contributed by atoms with van der Waals surface area (Å²) in [6, 6.07) is 15.0. The van der Waals surface area contributed by atoms with Gasteiger partial charge in [0.25, 0.3) is 0 Å². The predicted octanol–water partition coefficient (Wildman–Crippen LogP) is 5.29. The Morgan fingerprint density at radius 3 is 2.29 bits per heavy atom. The average Bonchev–Trinajstić information content (AvgIpc) is 2.45. The molecule has 0 saturated carbocycles. The quantitative estimate of drug-likeness (QED) is 0.719. The Bertz CT molecular complexity index is 663. The van der Waals surface area contributed by atoms with E-state index < -0.39 is 0 Å². The monoisotopic (exact) mass is 299 g/mol. The maximum atomic E-state index is 13.8. The van der Waals surface area contributed by atoms with Crippen LogP contribution in [0.2, 0.25) is 0 Å². The molecule has 3 heteroatoms. The Labute approximate surface area is 129 Å². The van der Waals surface area contributed by atoms with Crippen LogP contribution in [0.5, 0.6) is 0 Å². The van der Waals surface area contributed by atoms with Gasteiger partial charge in [0, 0.05) is 10.6 Å². The van der Waals surface area contributed by atoms with Gasteiger partial charge in [0.15, 0.2) is 0 Å². The Morgan fingerprint density at radius 1 is 1.10 bits per heavy atom. The normalized spacial score (nSPS) is 11.2. The zero-order chi connectivity index (χ0) is 15.5. The minimum absolute atomic E-state index is 0.141. The molecule has 0 aliphatic rings. The third-order valence-corrected chi connectivity index (χ3v) is 4.36. The third-order valence-electron chi connectivity index (χ3n) is 3.30. The van der Waals surface area contributed by atoms with Crippen LogP contribution in [0.4, 0.5) is 4.39 Å². The maximum absolute atomic E-state index is 13.8. The van der Waals surface area contributed by atoms with Crippen molar-refractivity contribution < 1.29 is 4.39 Å². The highest BCUT2D eigenvalue weighted by atomic mass is 32.2. The summed E-state index contributed by atoms with van der Waals surface area (Å²) in [5.41, 5.74) is 2.41. The van der Waals surface area contributed by atoms with E-state index in [1.165, 1.54) is 11.6 Å². The van der Waals surface area contributed by atoms with E-state index in [0.29, 0.717) is 16.9 Å². The minimum atomic E-state index is -0.312. The second-order valence-corrected chi connectivity index (χ2v) is 7.03. The van der Waals surface area contributed by atoms with E-state index in [0.717, 1.165) is 4.90 Å². The van der Waals surface area contributed by atoms with Crippen LogP contribution in [0.15, 0.2) is 47.4 Å². The Balaban J connectivity index is 2.05. The van der Waals surface area contributed by atoms with E-state index in [2.05, 4.69) is 45.0 Å². The fraction of sp³-hybridized carbons (Fsp3) is 0.278. The van der Waals surface area contributed by atoms with Crippen LogP contribution in [-0.2, 0) is 11.2 Å². The fourth-order valence-electron chi connectivity index (χ4n) is 1.95. The van der Waals surface area contributed by atoms with Crippen molar-refractivity contribution >= 4 is 11.8 Å². The summed E-state index contributed by atoms with van der Waals surface area (Å²) < 4.78 is 13.8. The van der Waals surface area contributed by atoms with Crippen LogP contribution in [0.3, 0.4) is 0 Å². The van der Waals surface area contributed by atoms with Crippen LogP contribution in [0, 0.1) is 17.1 Å². The van der Waals surface area contributed by atoms with Crippen molar-refractivity contribution in [3.05, 3.63) is 65.0 Å². The van der Waals surface area contributed by atoms with Gasteiger partial charge in [-0.15, -0.1) is 11.8 Å². The number of nitrogens with zero attached hydrogens (tertiary/aromatic N) is 1. The predicted molar refractivity (Wildman–Crippen MR) is 85.8 cm³/mol. The highest BCUT2D eigenvalue weighted by Gasteiger charge is 2.13. The van der Waals surface area contributed by atoms with Gasteiger partial charge in [-0.05, 0) is 40.8 Å². The zero-order valence-corrected chi connectivity index (χ0v) is 13.3. The summed E-state index contributed by atoms with van der Waals surface area (Å²) >= 11 is 1.60. The number of thioether (sulfide) groups is 1. The molecule has 2 rings (SSSR count). The number of nitriles is 1. The van der Waals surface area contributed by atoms with Crippen LogP contribution in [0.25, 0.3) is 0 Å². The van der Waals surface area contributed by atoms with Gasteiger partial charge in [0.2, 0.25) is 0 Å². The van der Waals surface area contributed by atoms with Gasteiger partial charge in [-0.25, -0.2) is 4.39 Å². The Morgan fingerprint density at radius 2 is 1.76 bits per heavy atom. The van der Waals surface area contributed by atoms with Gasteiger partial charge in [0.1, 0.15) is 5.82 Å². The van der Waals surface area contributed by atoms with E-state index >= 15 is 0 Å². The minimum Gasteiger partial charge on any atom is -0.207 e. The molecule has 0 saturated heterocycles. The first kappa shape index (κ1) is 15.6. The molecule has 0 atom stereocenters. The molecule has 0 N–H and O–H groups in total. The SMILES string of the molecule is CC(C)(C)c1ccc(SCc2ccc(C#N)cc2F)cc1. The molecule has 0 aromatic heterocycles. The fourth-order valence-corrected chi connectivity index (χ4v) is 2.83. The molecular weight excluding hydrogens is 281 g/mol. The summed E-state index contributed by atoms with van der Waals surface area (Å²) in [5, 5.41) is 8.73. The van der Waals surface area contributed by atoms with E-state index in [1.54, 1.807) is 23.9 Å². The van der Waals surface area contributed by atoms with Crippen LogP contribution in [0.1, 0.15) is 37.5 Å². The largest absolute Gasteiger partial charge is 0.207 e. The molecule has 21 heavy (non-hydrogen) atoms. The van der Waals surface area contributed by atoms with E-state index in [-0.39, 0.29) is 11.2 Å². The zero-order valence-electron chi connectivity index (χ0n) is 12.5. The molecule has 0 aliphatic heterocycles. The number of rotatable bonds is 3. The molecule has 0 spiro atoms. The summed E-state index contributed by atoms with van der Waals surface area (Å²) in [6.07, 6.45) is 0. The molecule has 1 nitrogen and oxygen atoms in total. The molecule has 2 aromatic rings. The smallest absolute Gasteiger partial charge is 0.128 e. The molecule has 108 valence electrons. The standard InChI is InChI=1S/C18H18FNS/c1-18(2,3)15-6-8-16(9-7-15)21-12-14-5-4-13(11-20)10-17(14)19/h4-10H,12H2,1-3H3. The summed E-state index contributed by atoms with van der Waals surface area (Å²) in [6.45, 7) is 6.55. The van der Waals surface area contributed by atoms with E-state index in [4.69, 9.17) is 5.26 Å². The molecule has 0 amide bonds. The molecule has 0 unspecified atom stereocenters. The van der Waals surface area contributed by atoms with Crippen molar-refractivity contribution in [2.45, 2.75) is 36.8 Å². The van der Waals surface area contributed by atoms with E-state index in [9.17, 15) is 4.39 Å². The van der Waals surface area contributed by atoms with Crippen molar-refractivity contribution in [3.63, 3.8) is 0 Å². The lowest BCUT2D eigenvalue weighted by Crippen LogP contribution is -2.10.